The van der Waals surface area contributed by atoms with Crippen LogP contribution in [0.25, 0.3) is 0 Å². The molecule has 0 radical (unpaired) electrons. The summed E-state index contributed by atoms with van der Waals surface area (Å²) in [4.78, 5) is 16.0. The van der Waals surface area contributed by atoms with E-state index in [-0.39, 0.29) is 11.7 Å². The molecular formula is C15H17FN4O. The molecule has 0 saturated heterocycles. The van der Waals surface area contributed by atoms with Gasteiger partial charge in [0.15, 0.2) is 0 Å². The van der Waals surface area contributed by atoms with E-state index >= 15 is 0 Å². The lowest BCUT2D eigenvalue weighted by atomic mass is 10.1. The molecule has 2 rings (SSSR count). The van der Waals surface area contributed by atoms with E-state index in [9.17, 15) is 9.18 Å². The van der Waals surface area contributed by atoms with E-state index in [1.54, 1.807) is 38.1 Å². The van der Waals surface area contributed by atoms with Crippen LogP contribution in [0, 0.1) is 19.7 Å². The average molecular weight is 288 g/mol. The fraction of sp³-hybridized carbons (Fsp3) is 0.200. The van der Waals surface area contributed by atoms with Crippen LogP contribution >= 0.6 is 0 Å². The number of carbonyl (C=O) groups excluding carboxylic acids is 1. The van der Waals surface area contributed by atoms with Gasteiger partial charge in [-0.3, -0.25) is 10.6 Å². The molecule has 6 heteroatoms. The van der Waals surface area contributed by atoms with Crippen molar-refractivity contribution >= 4 is 11.6 Å². The van der Waals surface area contributed by atoms with E-state index in [0.29, 0.717) is 29.1 Å². The van der Waals surface area contributed by atoms with Gasteiger partial charge in [-0.1, -0.05) is 12.1 Å². The third-order valence-corrected chi connectivity index (χ3v) is 3.11. The van der Waals surface area contributed by atoms with Crippen LogP contribution in [0.1, 0.15) is 27.2 Å². The molecule has 1 aromatic carbocycles. The third kappa shape index (κ3) is 3.55. The Morgan fingerprint density at radius 1 is 1.29 bits per heavy atom. The van der Waals surface area contributed by atoms with Gasteiger partial charge >= 0.3 is 0 Å². The molecule has 0 unspecified atom stereocenters. The smallest absolute Gasteiger partial charge is 0.270 e. The number of nitrogens with two attached hydrogens (primary N) is 1. The zero-order chi connectivity index (χ0) is 15.4. The summed E-state index contributed by atoms with van der Waals surface area (Å²) in [6, 6.07) is 6.68. The molecule has 21 heavy (non-hydrogen) atoms. The van der Waals surface area contributed by atoms with Crippen molar-refractivity contribution in [3.63, 3.8) is 0 Å². The van der Waals surface area contributed by atoms with Crippen molar-refractivity contribution in [3.05, 3.63) is 58.7 Å². The van der Waals surface area contributed by atoms with Gasteiger partial charge in [0.1, 0.15) is 11.5 Å². The number of anilines is 1. The van der Waals surface area contributed by atoms with E-state index in [4.69, 9.17) is 5.84 Å². The summed E-state index contributed by atoms with van der Waals surface area (Å²) in [6.07, 6.45) is 1.47. The first-order valence-electron chi connectivity index (χ1n) is 6.47. The van der Waals surface area contributed by atoms with Gasteiger partial charge in [-0.15, -0.1) is 0 Å². The summed E-state index contributed by atoms with van der Waals surface area (Å²) < 4.78 is 13.5. The minimum Gasteiger partial charge on any atom is -0.347 e. The van der Waals surface area contributed by atoms with Gasteiger partial charge in [0.2, 0.25) is 0 Å². The molecule has 4 N–H and O–H groups in total. The molecule has 1 aromatic heterocycles. The Kier molecular flexibility index (Phi) is 4.49. The van der Waals surface area contributed by atoms with Gasteiger partial charge in [0, 0.05) is 6.54 Å². The lowest BCUT2D eigenvalue weighted by Gasteiger charge is -2.08. The number of rotatable bonds is 4. The Labute approximate surface area is 122 Å². The second-order valence-electron chi connectivity index (χ2n) is 4.80. The third-order valence-electron chi connectivity index (χ3n) is 3.11. The van der Waals surface area contributed by atoms with E-state index in [2.05, 4.69) is 15.7 Å². The highest BCUT2D eigenvalue weighted by Gasteiger charge is 2.08. The molecule has 0 aliphatic heterocycles. The number of amides is 1. The number of halogens is 1. The molecule has 2 aromatic rings. The van der Waals surface area contributed by atoms with Gasteiger partial charge < -0.3 is 10.7 Å². The molecule has 0 aliphatic rings. The molecule has 1 heterocycles. The fourth-order valence-corrected chi connectivity index (χ4v) is 2.02. The minimum atomic E-state index is -0.293. The first-order valence-corrected chi connectivity index (χ1v) is 6.47. The highest BCUT2D eigenvalue weighted by atomic mass is 19.1. The largest absolute Gasteiger partial charge is 0.347 e. The second-order valence-corrected chi connectivity index (χ2v) is 4.80. The maximum atomic E-state index is 13.5. The molecule has 0 spiro atoms. The SMILES string of the molecule is Cc1cc(CNC(=O)c2ccc(NN)cn2)cc(C)c1F. The van der Waals surface area contributed by atoms with Gasteiger partial charge in [-0.2, -0.15) is 0 Å². The zero-order valence-corrected chi connectivity index (χ0v) is 11.9. The standard InChI is InChI=1S/C15H17FN4O/c1-9-5-11(6-10(2)14(9)16)7-19-15(21)13-4-3-12(20-17)8-18-13/h3-6,8,20H,7,17H2,1-2H3,(H,19,21). The molecule has 5 nitrogen and oxygen atoms in total. The monoisotopic (exact) mass is 288 g/mol. The molecule has 0 aliphatic carbocycles. The topological polar surface area (TPSA) is 80.0 Å². The number of nitrogens with zero attached hydrogens (tertiary/aromatic N) is 1. The van der Waals surface area contributed by atoms with Gasteiger partial charge in [-0.05, 0) is 42.7 Å². The predicted octanol–water partition coefficient (Wildman–Crippen LogP) is 2.05. The molecule has 0 bridgehead atoms. The Morgan fingerprint density at radius 3 is 2.48 bits per heavy atom. The van der Waals surface area contributed by atoms with E-state index in [0.717, 1.165) is 5.56 Å². The molecule has 110 valence electrons. The van der Waals surface area contributed by atoms with Gasteiger partial charge in [0.05, 0.1) is 11.9 Å². The molecule has 0 atom stereocenters. The van der Waals surface area contributed by atoms with E-state index < -0.39 is 0 Å². The molecule has 0 fully saturated rings. The number of nitrogen functional groups attached to an aromatic ring is 1. The fourth-order valence-electron chi connectivity index (χ4n) is 2.02. The summed E-state index contributed by atoms with van der Waals surface area (Å²) in [5.41, 5.74) is 5.33. The summed E-state index contributed by atoms with van der Waals surface area (Å²) in [5, 5.41) is 2.75. The summed E-state index contributed by atoms with van der Waals surface area (Å²) in [5.74, 6) is 4.73. The van der Waals surface area contributed by atoms with Crippen molar-refractivity contribution < 1.29 is 9.18 Å². The number of aryl methyl sites for hydroxylation is 2. The van der Waals surface area contributed by atoms with Crippen molar-refractivity contribution in [2.75, 3.05) is 5.43 Å². The van der Waals surface area contributed by atoms with Crippen LogP contribution in [-0.4, -0.2) is 10.9 Å². The highest BCUT2D eigenvalue weighted by Crippen LogP contribution is 2.14. The Bertz CT molecular complexity index is 632. The molecule has 1 amide bonds. The maximum absolute atomic E-state index is 13.5. The Hall–Kier alpha value is -2.47. The number of nitrogens with one attached hydrogen (secondary N) is 2. The quantitative estimate of drug-likeness (QED) is 0.594. The first kappa shape index (κ1) is 14.9. The van der Waals surface area contributed by atoms with Crippen LogP contribution in [0.15, 0.2) is 30.5 Å². The molecule has 0 saturated carbocycles. The normalized spacial score (nSPS) is 10.3. The van der Waals surface area contributed by atoms with Crippen molar-refractivity contribution in [1.82, 2.24) is 10.3 Å². The number of hydrazine groups is 1. The van der Waals surface area contributed by atoms with Gasteiger partial charge in [0.25, 0.3) is 5.91 Å². The maximum Gasteiger partial charge on any atom is 0.270 e. The number of aromatic nitrogens is 1. The Balaban J connectivity index is 2.03. The van der Waals surface area contributed by atoms with Crippen LogP contribution in [0.2, 0.25) is 0 Å². The lowest BCUT2D eigenvalue weighted by molar-refractivity contribution is 0.0946. The summed E-state index contributed by atoms with van der Waals surface area (Å²) in [7, 11) is 0. The van der Waals surface area contributed by atoms with Crippen LogP contribution in [-0.2, 0) is 6.54 Å². The van der Waals surface area contributed by atoms with Crippen LogP contribution < -0.4 is 16.6 Å². The average Bonchev–Trinajstić information content (AvgIpc) is 2.50. The van der Waals surface area contributed by atoms with E-state index in [1.807, 2.05) is 0 Å². The second kappa shape index (κ2) is 6.32. The summed E-state index contributed by atoms with van der Waals surface area (Å²) in [6.45, 7) is 3.72. The van der Waals surface area contributed by atoms with Gasteiger partial charge in [-0.25, -0.2) is 9.37 Å². The number of benzene rings is 1. The predicted molar refractivity (Wildman–Crippen MR) is 79.1 cm³/mol. The van der Waals surface area contributed by atoms with Crippen molar-refractivity contribution in [2.24, 2.45) is 5.84 Å². The van der Waals surface area contributed by atoms with Crippen LogP contribution in [0.5, 0.6) is 0 Å². The first-order chi connectivity index (χ1) is 10.0. The molecular weight excluding hydrogens is 271 g/mol. The lowest BCUT2D eigenvalue weighted by Crippen LogP contribution is -2.24. The Morgan fingerprint density at radius 2 is 1.95 bits per heavy atom. The number of hydrogen-bond acceptors (Lipinski definition) is 4. The van der Waals surface area contributed by atoms with Crippen molar-refractivity contribution in [3.8, 4) is 0 Å². The van der Waals surface area contributed by atoms with Crippen LogP contribution in [0.4, 0.5) is 10.1 Å². The number of hydrogen-bond donors (Lipinski definition) is 3. The zero-order valence-electron chi connectivity index (χ0n) is 11.9. The van der Waals surface area contributed by atoms with E-state index in [1.165, 1.54) is 6.20 Å². The number of pyridine rings is 1. The highest BCUT2D eigenvalue weighted by molar-refractivity contribution is 5.92. The van der Waals surface area contributed by atoms with Crippen LogP contribution in [0.3, 0.4) is 0 Å². The summed E-state index contributed by atoms with van der Waals surface area (Å²) >= 11 is 0. The minimum absolute atomic E-state index is 0.211. The number of carbonyl (C=O) groups is 1. The van der Waals surface area contributed by atoms with Crippen molar-refractivity contribution in [2.45, 2.75) is 20.4 Å². The van der Waals surface area contributed by atoms with Crippen molar-refractivity contribution in [1.29, 1.82) is 0 Å².